The first-order valence-corrected chi connectivity index (χ1v) is 18.0. The van der Waals surface area contributed by atoms with Crippen molar-refractivity contribution in [1.82, 2.24) is 4.31 Å². The molecule has 1 fully saturated rings. The van der Waals surface area contributed by atoms with E-state index in [1.807, 2.05) is 13.8 Å². The van der Waals surface area contributed by atoms with Gasteiger partial charge in [0.2, 0.25) is 10.0 Å². The van der Waals surface area contributed by atoms with E-state index in [2.05, 4.69) is 5.32 Å². The summed E-state index contributed by atoms with van der Waals surface area (Å²) < 4.78 is 60.6. The molecule has 1 atom stereocenters. The van der Waals surface area contributed by atoms with Crippen molar-refractivity contribution in [2.24, 2.45) is 0 Å². The highest BCUT2D eigenvalue weighted by atomic mass is 35.5. The number of benzene rings is 2. The molecule has 0 radical (unpaired) electrons. The molecule has 1 aliphatic rings. The normalized spacial score (nSPS) is 16.8. The monoisotopic (exact) mass is 709 g/mol. The van der Waals surface area contributed by atoms with E-state index in [4.69, 9.17) is 31.5 Å². The Bertz CT molecular complexity index is 1740. The number of carbonyl (C=O) groups excluding carboxylic acids is 2. The van der Waals surface area contributed by atoms with Crippen LogP contribution >= 0.6 is 22.9 Å². The minimum atomic E-state index is -3.66. The average Bonchev–Trinajstić information content (AvgIpc) is 3.27. The van der Waals surface area contributed by atoms with Gasteiger partial charge in [0.15, 0.2) is 23.1 Å². The van der Waals surface area contributed by atoms with Crippen molar-refractivity contribution >= 4 is 56.3 Å². The van der Waals surface area contributed by atoms with Gasteiger partial charge in [-0.2, -0.15) is 4.31 Å². The van der Waals surface area contributed by atoms with Crippen molar-refractivity contribution in [3.63, 3.8) is 0 Å². The predicted molar refractivity (Wildman–Crippen MR) is 183 cm³/mol. The van der Waals surface area contributed by atoms with Gasteiger partial charge in [0.1, 0.15) is 10.6 Å². The van der Waals surface area contributed by atoms with Gasteiger partial charge in [-0.1, -0.05) is 35.9 Å². The van der Waals surface area contributed by atoms with Crippen LogP contribution < -0.4 is 15.8 Å². The highest BCUT2D eigenvalue weighted by molar-refractivity contribution is 7.88. The quantitative estimate of drug-likeness (QED) is 0.161. The third-order valence-electron chi connectivity index (χ3n) is 7.37. The van der Waals surface area contributed by atoms with Crippen molar-refractivity contribution in [3.8, 4) is 16.2 Å². The van der Waals surface area contributed by atoms with E-state index in [9.17, 15) is 18.0 Å². The Morgan fingerprint density at radius 1 is 1.19 bits per heavy atom. The summed E-state index contributed by atoms with van der Waals surface area (Å²) in [4.78, 5) is 25.3. The van der Waals surface area contributed by atoms with Crippen LogP contribution in [-0.2, 0) is 30.0 Å². The molecule has 0 saturated carbocycles. The lowest BCUT2D eigenvalue weighted by molar-refractivity contribution is -0.145. The number of rotatable bonds is 11. The van der Waals surface area contributed by atoms with E-state index in [0.717, 1.165) is 11.3 Å². The Morgan fingerprint density at radius 3 is 2.53 bits per heavy atom. The van der Waals surface area contributed by atoms with Gasteiger partial charge >= 0.3 is 11.9 Å². The van der Waals surface area contributed by atoms with Gasteiger partial charge in [0.25, 0.3) is 0 Å². The predicted octanol–water partition coefficient (Wildman–Crippen LogP) is 6.87. The molecule has 3 aromatic rings. The van der Waals surface area contributed by atoms with Crippen LogP contribution in [0, 0.1) is 5.82 Å². The van der Waals surface area contributed by atoms with E-state index in [-0.39, 0.29) is 56.7 Å². The van der Waals surface area contributed by atoms with E-state index in [0.29, 0.717) is 24.1 Å². The van der Waals surface area contributed by atoms with Crippen LogP contribution in [0.15, 0.2) is 42.5 Å². The van der Waals surface area contributed by atoms with Crippen LogP contribution in [-0.4, -0.2) is 61.6 Å². The van der Waals surface area contributed by atoms with Crippen molar-refractivity contribution in [3.05, 3.63) is 63.7 Å². The van der Waals surface area contributed by atoms with E-state index >= 15 is 4.39 Å². The van der Waals surface area contributed by atoms with Crippen molar-refractivity contribution in [2.45, 2.75) is 77.3 Å². The lowest BCUT2D eigenvalue weighted by Gasteiger charge is -2.45. The molecule has 2 aromatic carbocycles. The van der Waals surface area contributed by atoms with Crippen molar-refractivity contribution < 1.29 is 36.6 Å². The summed E-state index contributed by atoms with van der Waals surface area (Å²) in [6.07, 6.45) is 0.860. The summed E-state index contributed by atoms with van der Waals surface area (Å²) in [5.74, 6) is -2.27. The number of nitrogens with one attached hydrogen (secondary N) is 1. The maximum Gasteiger partial charge on any atom is 0.352 e. The van der Waals surface area contributed by atoms with E-state index in [1.54, 1.807) is 64.1 Å². The minimum absolute atomic E-state index is 0.0181. The highest BCUT2D eigenvalue weighted by Crippen LogP contribution is 2.47. The lowest BCUT2D eigenvalue weighted by Crippen LogP contribution is -2.55. The number of anilines is 2. The number of halogens is 2. The topological polar surface area (TPSA) is 137 Å². The Kier molecular flexibility index (Phi) is 11.2. The minimum Gasteiger partial charge on any atom is -0.479 e. The van der Waals surface area contributed by atoms with Crippen LogP contribution in [0.5, 0.6) is 5.75 Å². The number of esters is 2. The summed E-state index contributed by atoms with van der Waals surface area (Å²) in [7, 11) is -3.66. The molecule has 4 rings (SSSR count). The fraction of sp³-hybridized carbons (Fsp3) is 0.455. The van der Waals surface area contributed by atoms with Crippen LogP contribution in [0.3, 0.4) is 0 Å². The summed E-state index contributed by atoms with van der Waals surface area (Å²) in [6.45, 7) is 10.3. The zero-order valence-corrected chi connectivity index (χ0v) is 29.7. The molecule has 0 bridgehead atoms. The third-order valence-corrected chi connectivity index (χ3v) is 11.1. The molecule has 2 heterocycles. The summed E-state index contributed by atoms with van der Waals surface area (Å²) in [5.41, 5.74) is 5.67. The molecule has 3 N–H and O–H groups in total. The zero-order chi connectivity index (χ0) is 34.7. The number of sulfonamides is 1. The van der Waals surface area contributed by atoms with Crippen LogP contribution in [0.1, 0.15) is 69.6 Å². The number of hydrogen-bond acceptors (Lipinski definition) is 10. The molecule has 0 spiro atoms. The second-order valence-electron chi connectivity index (χ2n) is 12.9. The number of thiophene rings is 1. The fourth-order valence-corrected chi connectivity index (χ4v) is 8.95. The largest absolute Gasteiger partial charge is 0.479 e. The zero-order valence-electron chi connectivity index (χ0n) is 27.3. The van der Waals surface area contributed by atoms with Crippen LogP contribution in [0.4, 0.5) is 15.8 Å². The molecule has 1 aliphatic heterocycles. The van der Waals surface area contributed by atoms with Gasteiger partial charge in [0.05, 0.1) is 22.9 Å². The molecule has 256 valence electrons. The Labute approximate surface area is 284 Å². The maximum atomic E-state index is 16.2. The van der Waals surface area contributed by atoms with Crippen molar-refractivity contribution in [2.75, 3.05) is 30.8 Å². The molecule has 10 nitrogen and oxygen atoms in total. The number of nitrogen functional groups attached to an aromatic ring is 1. The Balaban J connectivity index is 1.57. The molecule has 47 heavy (non-hydrogen) atoms. The molecular weight excluding hydrogens is 669 g/mol. The van der Waals surface area contributed by atoms with Gasteiger partial charge in [-0.3, -0.25) is 0 Å². The van der Waals surface area contributed by atoms with Gasteiger partial charge in [-0.05, 0) is 78.1 Å². The molecule has 14 heteroatoms. The van der Waals surface area contributed by atoms with Gasteiger partial charge in [0, 0.05) is 29.4 Å². The number of carbonyl (C=O) groups is 2. The molecule has 0 aliphatic carbocycles. The van der Waals surface area contributed by atoms with Gasteiger partial charge < -0.3 is 25.3 Å². The molecule has 1 unspecified atom stereocenters. The first-order chi connectivity index (χ1) is 21.9. The number of nitrogens with two attached hydrogens (primary N) is 1. The molecule has 1 aromatic heterocycles. The molecule has 1 saturated heterocycles. The fourth-order valence-electron chi connectivity index (χ4n) is 5.52. The van der Waals surface area contributed by atoms with Crippen LogP contribution in [0.25, 0.3) is 10.4 Å². The van der Waals surface area contributed by atoms with Crippen LogP contribution in [0.2, 0.25) is 5.02 Å². The summed E-state index contributed by atoms with van der Waals surface area (Å²) >= 11 is 7.58. The number of nitrogens with zero attached hydrogens (tertiary/aromatic N) is 1. The lowest BCUT2D eigenvalue weighted by atomic mass is 9.89. The Morgan fingerprint density at radius 2 is 1.89 bits per heavy atom. The first-order valence-electron chi connectivity index (χ1n) is 15.2. The summed E-state index contributed by atoms with van der Waals surface area (Å²) in [5, 5.41) is 3.21. The standard InChI is InChI=1S/C33H41ClFN3O7S2/c1-7-43-25(39)18-44-28-26(34)29(46-30(28)31(40)45-32(2,3)4)23-12-9-13-24(27(23)35)37-22-14-15-38(33(5,6)17-22)47(41,42)19-20-10-8-11-21(36)16-20/h8-13,16,22,37H,7,14-15,17-19,36H2,1-6H3. The van der Waals surface area contributed by atoms with Crippen molar-refractivity contribution in [1.29, 1.82) is 0 Å². The summed E-state index contributed by atoms with van der Waals surface area (Å²) in [6, 6.07) is 11.3. The third kappa shape index (κ3) is 8.95. The smallest absolute Gasteiger partial charge is 0.352 e. The average molecular weight is 710 g/mol. The van der Waals surface area contributed by atoms with Gasteiger partial charge in [-0.25, -0.2) is 22.4 Å². The SMILES string of the molecule is CCOC(=O)COc1c(C(=O)OC(C)(C)C)sc(-c2cccc(NC3CCN(S(=O)(=O)Cc4cccc(N)c4)C(C)(C)C3)c2F)c1Cl. The second kappa shape index (κ2) is 14.4. The number of piperidine rings is 1. The highest BCUT2D eigenvalue weighted by Gasteiger charge is 2.42. The second-order valence-corrected chi connectivity index (χ2v) is 16.2. The van der Waals surface area contributed by atoms with E-state index in [1.165, 1.54) is 10.4 Å². The number of ether oxygens (including phenoxy) is 3. The molecular formula is C33H41ClFN3O7S2. The maximum absolute atomic E-state index is 16.2. The molecule has 0 amide bonds. The van der Waals surface area contributed by atoms with E-state index < -0.39 is 45.5 Å². The number of hydrogen-bond donors (Lipinski definition) is 2. The van der Waals surface area contributed by atoms with Gasteiger partial charge in [-0.15, -0.1) is 11.3 Å². The first kappa shape index (κ1) is 36.4. The Hall–Kier alpha value is -3.39.